The highest BCUT2D eigenvalue weighted by atomic mass is 79.9. The summed E-state index contributed by atoms with van der Waals surface area (Å²) in [7, 11) is 0. The lowest BCUT2D eigenvalue weighted by molar-refractivity contribution is 0.0683. The molecule has 0 unspecified atom stereocenters. The van der Waals surface area contributed by atoms with Gasteiger partial charge in [-0.3, -0.25) is 0 Å². The third kappa shape index (κ3) is 12.1. The van der Waals surface area contributed by atoms with Crippen molar-refractivity contribution < 1.29 is 39.5 Å². The number of aromatic hydroxyl groups is 4. The molecule has 6 atom stereocenters. The second-order valence-electron chi connectivity index (χ2n) is 14.0. The summed E-state index contributed by atoms with van der Waals surface area (Å²) in [4.78, 5) is 24.0. The van der Waals surface area contributed by atoms with E-state index in [4.69, 9.17) is 20.9 Å². The zero-order valence-corrected chi connectivity index (χ0v) is 32.8. The Kier molecular flexibility index (Phi) is 16.8. The van der Waals surface area contributed by atoms with Crippen molar-refractivity contribution in [3.05, 3.63) is 46.5 Å². The van der Waals surface area contributed by atoms with E-state index in [1.54, 1.807) is 24.3 Å². The van der Waals surface area contributed by atoms with E-state index in [-0.39, 0.29) is 50.4 Å². The summed E-state index contributed by atoms with van der Waals surface area (Å²) in [6, 6.07) is 6.34. The first-order chi connectivity index (χ1) is 23.7. The molecular formula is C38H56Br2N2O8. The molecule has 0 spiro atoms. The maximum Gasteiger partial charge on any atom is 0.405 e. The molecule has 0 radical (unpaired) electrons. The molecule has 280 valence electrons. The molecule has 12 heteroatoms. The van der Waals surface area contributed by atoms with E-state index in [0.29, 0.717) is 47.9 Å². The monoisotopic (exact) mass is 826 g/mol. The van der Waals surface area contributed by atoms with Gasteiger partial charge in [-0.05, 0) is 92.9 Å². The molecule has 2 aromatic carbocycles. The van der Waals surface area contributed by atoms with E-state index >= 15 is 0 Å². The number of hydrogen-bond acceptors (Lipinski definition) is 8. The van der Waals surface area contributed by atoms with Gasteiger partial charge >= 0.3 is 12.2 Å². The first-order valence-corrected chi connectivity index (χ1v) is 19.9. The highest BCUT2D eigenvalue weighted by Crippen LogP contribution is 2.46. The zero-order chi connectivity index (χ0) is 37.0. The number of amides is 2. The van der Waals surface area contributed by atoms with Crippen LogP contribution in [0.1, 0.15) is 157 Å². The maximum absolute atomic E-state index is 12.0. The number of carbonyl (C=O) groups excluding carboxylic acids is 2. The van der Waals surface area contributed by atoms with Gasteiger partial charge in [-0.15, -0.1) is 0 Å². The number of rotatable bonds is 9. The van der Waals surface area contributed by atoms with Gasteiger partial charge in [0, 0.05) is 22.3 Å². The number of hydrogen-bond donors (Lipinski definition) is 6. The standard InChI is InChI=1S/C38H56Br2N2O8/c1-4-5-13-24-14-8-6-11-22(2)36(50-38(42)48)27-20-30(45)34(31(46)21-27)25(16-10-17-32(39)40)15-9-7-12-23(3)35(49-37(41)47)26-18-28(43)33(24)29(44)19-26/h18-25,32,35-36,43-46H,4-17H2,1-3H3,(H2,41,47)(H2,42,48)/t22-,23-,24-,25+,35+,36+/m0/s1. The van der Waals surface area contributed by atoms with Crippen LogP contribution >= 0.6 is 31.9 Å². The van der Waals surface area contributed by atoms with E-state index in [1.807, 2.05) is 13.8 Å². The Labute approximate surface area is 313 Å². The molecule has 50 heavy (non-hydrogen) atoms. The average molecular weight is 829 g/mol. The molecule has 10 nitrogen and oxygen atoms in total. The lowest BCUT2D eigenvalue weighted by Gasteiger charge is -2.28. The van der Waals surface area contributed by atoms with Crippen LogP contribution in [-0.4, -0.2) is 36.3 Å². The number of unbranched alkanes of at least 4 members (excludes halogenated alkanes) is 1. The number of carbonyl (C=O) groups is 2. The highest BCUT2D eigenvalue weighted by Gasteiger charge is 2.30. The molecule has 0 saturated heterocycles. The second kappa shape index (κ2) is 20.2. The molecule has 0 aromatic heterocycles. The zero-order valence-electron chi connectivity index (χ0n) is 29.6. The summed E-state index contributed by atoms with van der Waals surface area (Å²) in [6.45, 7) is 5.99. The van der Waals surface area contributed by atoms with Crippen LogP contribution in [0.15, 0.2) is 24.3 Å². The van der Waals surface area contributed by atoms with Gasteiger partial charge in [-0.1, -0.05) is 97.6 Å². The quantitative estimate of drug-likeness (QED) is 0.135. The minimum Gasteiger partial charge on any atom is -0.508 e. The average Bonchev–Trinajstić information content (AvgIpc) is 3.02. The smallest absolute Gasteiger partial charge is 0.405 e. The molecule has 0 heterocycles. The lowest BCUT2D eigenvalue weighted by Crippen LogP contribution is -2.22. The van der Waals surface area contributed by atoms with Crippen molar-refractivity contribution >= 4 is 44.0 Å². The van der Waals surface area contributed by atoms with E-state index < -0.39 is 24.4 Å². The van der Waals surface area contributed by atoms with E-state index in [0.717, 1.165) is 64.2 Å². The molecule has 0 fully saturated rings. The number of alkyl halides is 2. The number of primary amides is 2. The van der Waals surface area contributed by atoms with Crippen LogP contribution in [-0.2, 0) is 9.47 Å². The number of nitrogens with two attached hydrogens (primary N) is 2. The van der Waals surface area contributed by atoms with Crippen molar-refractivity contribution in [1.82, 2.24) is 0 Å². The number of phenols is 4. The molecule has 4 bridgehead atoms. The summed E-state index contributed by atoms with van der Waals surface area (Å²) < 4.78 is 11.3. The summed E-state index contributed by atoms with van der Waals surface area (Å²) >= 11 is 7.07. The van der Waals surface area contributed by atoms with Crippen LogP contribution < -0.4 is 11.5 Å². The van der Waals surface area contributed by atoms with Crippen molar-refractivity contribution in [2.45, 2.75) is 138 Å². The molecule has 2 aromatic rings. The Bertz CT molecular complexity index is 1360. The Balaban J connectivity index is 2.04. The molecule has 0 aliphatic heterocycles. The van der Waals surface area contributed by atoms with Crippen LogP contribution in [0.4, 0.5) is 9.59 Å². The van der Waals surface area contributed by atoms with Gasteiger partial charge in [0.15, 0.2) is 0 Å². The van der Waals surface area contributed by atoms with Crippen LogP contribution in [0.3, 0.4) is 0 Å². The van der Waals surface area contributed by atoms with E-state index in [1.165, 1.54) is 0 Å². The summed E-state index contributed by atoms with van der Waals surface area (Å²) in [5, 5.41) is 45.3. The van der Waals surface area contributed by atoms with Gasteiger partial charge in [-0.2, -0.15) is 0 Å². The molecule has 2 amide bonds. The Morgan fingerprint density at radius 1 is 0.700 bits per heavy atom. The van der Waals surface area contributed by atoms with Gasteiger partial charge in [0.25, 0.3) is 0 Å². The van der Waals surface area contributed by atoms with Gasteiger partial charge in [0.2, 0.25) is 0 Å². The van der Waals surface area contributed by atoms with Crippen molar-refractivity contribution in [2.75, 3.05) is 0 Å². The van der Waals surface area contributed by atoms with Gasteiger partial charge in [0.05, 0.1) is 3.74 Å². The van der Waals surface area contributed by atoms with Crippen molar-refractivity contribution in [3.63, 3.8) is 0 Å². The number of benzene rings is 2. The Morgan fingerprint density at radius 2 is 1.06 bits per heavy atom. The third-order valence-electron chi connectivity index (χ3n) is 10.1. The van der Waals surface area contributed by atoms with Gasteiger partial charge in [-0.25, -0.2) is 9.59 Å². The minimum absolute atomic E-state index is 0.0310. The van der Waals surface area contributed by atoms with Crippen molar-refractivity contribution in [3.8, 4) is 23.0 Å². The van der Waals surface area contributed by atoms with Crippen molar-refractivity contribution in [2.24, 2.45) is 23.3 Å². The van der Waals surface area contributed by atoms with Crippen LogP contribution in [0.5, 0.6) is 23.0 Å². The normalized spacial score (nSPS) is 24.0. The van der Waals surface area contributed by atoms with Crippen LogP contribution in [0.25, 0.3) is 0 Å². The predicted octanol–water partition coefficient (Wildman–Crippen LogP) is 10.5. The topological polar surface area (TPSA) is 186 Å². The van der Waals surface area contributed by atoms with E-state index in [9.17, 15) is 30.0 Å². The Hall–Kier alpha value is -2.86. The molecule has 4 aliphatic rings. The number of phenolic OH excluding ortho intramolecular Hbond substituents is 4. The minimum atomic E-state index is -0.935. The molecule has 8 N–H and O–H groups in total. The Morgan fingerprint density at radius 3 is 1.40 bits per heavy atom. The van der Waals surface area contributed by atoms with Gasteiger partial charge in [0.1, 0.15) is 35.2 Å². The first-order valence-electron chi connectivity index (χ1n) is 18.0. The molecule has 4 aliphatic carbocycles. The largest absolute Gasteiger partial charge is 0.508 e. The fraction of sp³-hybridized carbons (Fsp3) is 0.632. The highest BCUT2D eigenvalue weighted by molar-refractivity contribution is 9.24. The maximum atomic E-state index is 12.0. The lowest BCUT2D eigenvalue weighted by atomic mass is 9.83. The molecule has 0 saturated carbocycles. The third-order valence-corrected chi connectivity index (χ3v) is 11.0. The summed E-state index contributed by atoms with van der Waals surface area (Å²) in [6.07, 6.45) is 7.36. The fourth-order valence-electron chi connectivity index (χ4n) is 7.58. The molecule has 6 rings (SSSR count). The fourth-order valence-corrected chi connectivity index (χ4v) is 8.23. The second-order valence-corrected chi connectivity index (χ2v) is 17.5. The van der Waals surface area contributed by atoms with Crippen LogP contribution in [0.2, 0.25) is 0 Å². The first kappa shape index (κ1) is 41.6. The predicted molar refractivity (Wildman–Crippen MR) is 202 cm³/mol. The molecular weight excluding hydrogens is 772 g/mol. The van der Waals surface area contributed by atoms with Gasteiger partial charge < -0.3 is 41.4 Å². The number of ether oxygens (including phenoxy) is 2. The van der Waals surface area contributed by atoms with Crippen LogP contribution in [0, 0.1) is 11.8 Å². The number of halogens is 2. The summed E-state index contributed by atoms with van der Waals surface area (Å²) in [5.74, 6) is -0.779. The van der Waals surface area contributed by atoms with E-state index in [2.05, 4.69) is 38.8 Å². The van der Waals surface area contributed by atoms with Crippen molar-refractivity contribution in [1.29, 1.82) is 0 Å². The summed E-state index contributed by atoms with van der Waals surface area (Å²) in [5.41, 5.74) is 12.9. The SMILES string of the molecule is CCCC[C@H]1CCCC[C@H](C)[C@@H](OC(N)=O)c2cc(O)c(c(O)c2)[C@@H](CCCC(Br)Br)CCCC[C@H](C)[C@@H](OC(N)=O)c2cc(O)c1c(O)c2.